The quantitative estimate of drug-likeness (QED) is 0.265. The maximum absolute atomic E-state index is 13.1. The average molecular weight is 485 g/mol. The summed E-state index contributed by atoms with van der Waals surface area (Å²) in [5.74, 6) is -0.344. The molecule has 1 aromatic heterocycles. The van der Waals surface area contributed by atoms with Gasteiger partial charge in [0.25, 0.3) is 11.8 Å². The van der Waals surface area contributed by atoms with Crippen LogP contribution in [-0.4, -0.2) is 21.8 Å². The number of H-pyrrole nitrogens is 1. The summed E-state index contributed by atoms with van der Waals surface area (Å²) in [5.41, 5.74) is 4.34. The lowest BCUT2D eigenvalue weighted by Crippen LogP contribution is -2.11. The molecule has 0 saturated heterocycles. The van der Waals surface area contributed by atoms with E-state index in [-0.39, 0.29) is 11.8 Å². The molecule has 0 unspecified atom stereocenters. The SMILES string of the molecule is O=C(Nc1ccc(-c2nc3cc(C(=O)Nc4ccc(Cl)cc4)ccc3[nH]2)cc1)c1ccc(F)cc1. The number of nitrogens with one attached hydrogen (secondary N) is 3. The Morgan fingerprint density at radius 3 is 1.97 bits per heavy atom. The molecule has 8 heteroatoms. The summed E-state index contributed by atoms with van der Waals surface area (Å²) < 4.78 is 13.1. The molecule has 0 atom stereocenters. The zero-order valence-corrected chi connectivity index (χ0v) is 18.9. The van der Waals surface area contributed by atoms with Crippen LogP contribution in [-0.2, 0) is 0 Å². The monoisotopic (exact) mass is 484 g/mol. The van der Waals surface area contributed by atoms with E-state index in [0.717, 1.165) is 11.1 Å². The van der Waals surface area contributed by atoms with Crippen LogP contribution in [0, 0.1) is 5.82 Å². The van der Waals surface area contributed by atoms with Gasteiger partial charge in [-0.15, -0.1) is 0 Å². The molecule has 6 nitrogen and oxygen atoms in total. The molecule has 0 bridgehead atoms. The van der Waals surface area contributed by atoms with Gasteiger partial charge in [-0.05, 0) is 91.0 Å². The first-order chi connectivity index (χ1) is 16.9. The summed E-state index contributed by atoms with van der Waals surface area (Å²) in [6, 6.07) is 24.6. The number of imidazole rings is 1. The number of rotatable bonds is 5. The zero-order valence-electron chi connectivity index (χ0n) is 18.2. The highest BCUT2D eigenvalue weighted by Crippen LogP contribution is 2.24. The Balaban J connectivity index is 1.30. The zero-order chi connectivity index (χ0) is 24.4. The van der Waals surface area contributed by atoms with Gasteiger partial charge >= 0.3 is 0 Å². The third-order valence-electron chi connectivity index (χ3n) is 5.37. The summed E-state index contributed by atoms with van der Waals surface area (Å²) in [6.07, 6.45) is 0. The van der Waals surface area contributed by atoms with E-state index in [2.05, 4.69) is 20.6 Å². The number of benzene rings is 4. The highest BCUT2D eigenvalue weighted by Gasteiger charge is 2.12. The van der Waals surface area contributed by atoms with Gasteiger partial charge in [-0.2, -0.15) is 0 Å². The van der Waals surface area contributed by atoms with Crippen molar-refractivity contribution in [2.75, 3.05) is 10.6 Å². The first kappa shape index (κ1) is 22.3. The minimum atomic E-state index is -0.397. The van der Waals surface area contributed by atoms with E-state index in [4.69, 9.17) is 11.6 Å². The maximum Gasteiger partial charge on any atom is 0.255 e. The second-order valence-electron chi connectivity index (χ2n) is 7.82. The van der Waals surface area contributed by atoms with Gasteiger partial charge in [0.05, 0.1) is 11.0 Å². The molecule has 35 heavy (non-hydrogen) atoms. The van der Waals surface area contributed by atoms with Gasteiger partial charge in [-0.1, -0.05) is 11.6 Å². The summed E-state index contributed by atoms with van der Waals surface area (Å²) in [5, 5.41) is 6.21. The predicted octanol–water partition coefficient (Wildman–Crippen LogP) is 6.53. The summed E-state index contributed by atoms with van der Waals surface area (Å²) in [4.78, 5) is 32.8. The third kappa shape index (κ3) is 5.05. The number of carbonyl (C=O) groups is 2. The Bertz CT molecular complexity index is 1530. The Kier molecular flexibility index (Phi) is 5.99. The largest absolute Gasteiger partial charge is 0.338 e. The van der Waals surface area contributed by atoms with Crippen LogP contribution in [0.15, 0.2) is 91.0 Å². The van der Waals surface area contributed by atoms with Crippen LogP contribution in [0.5, 0.6) is 0 Å². The minimum Gasteiger partial charge on any atom is -0.338 e. The molecular weight excluding hydrogens is 467 g/mol. The lowest BCUT2D eigenvalue weighted by Gasteiger charge is -2.06. The predicted molar refractivity (Wildman–Crippen MR) is 135 cm³/mol. The fourth-order valence-electron chi connectivity index (χ4n) is 3.54. The van der Waals surface area contributed by atoms with Gasteiger partial charge in [0, 0.05) is 33.1 Å². The van der Waals surface area contributed by atoms with Crippen molar-refractivity contribution in [2.45, 2.75) is 0 Å². The van der Waals surface area contributed by atoms with Gasteiger partial charge in [0.2, 0.25) is 0 Å². The van der Waals surface area contributed by atoms with Crippen LogP contribution in [0.4, 0.5) is 15.8 Å². The number of anilines is 2. The van der Waals surface area contributed by atoms with E-state index < -0.39 is 5.82 Å². The molecule has 4 aromatic carbocycles. The van der Waals surface area contributed by atoms with Crippen LogP contribution in [0.3, 0.4) is 0 Å². The van der Waals surface area contributed by atoms with Crippen molar-refractivity contribution >= 4 is 45.8 Å². The lowest BCUT2D eigenvalue weighted by atomic mass is 10.1. The topological polar surface area (TPSA) is 86.9 Å². The van der Waals surface area contributed by atoms with E-state index in [9.17, 15) is 14.0 Å². The number of aromatic nitrogens is 2. The number of hydrogen-bond acceptors (Lipinski definition) is 3. The molecule has 0 fully saturated rings. The molecule has 2 amide bonds. The smallest absolute Gasteiger partial charge is 0.255 e. The van der Waals surface area contributed by atoms with Gasteiger partial charge in [-0.3, -0.25) is 9.59 Å². The Hall–Kier alpha value is -4.49. The molecule has 0 saturated carbocycles. The van der Waals surface area contributed by atoms with Crippen molar-refractivity contribution < 1.29 is 14.0 Å². The number of halogens is 2. The molecule has 0 aliphatic rings. The van der Waals surface area contributed by atoms with Crippen molar-refractivity contribution in [2.24, 2.45) is 0 Å². The molecular formula is C27H18ClFN4O2. The van der Waals surface area contributed by atoms with Gasteiger partial charge < -0.3 is 15.6 Å². The first-order valence-electron chi connectivity index (χ1n) is 10.7. The Morgan fingerprint density at radius 2 is 1.31 bits per heavy atom. The number of nitrogens with zero attached hydrogens (tertiary/aromatic N) is 1. The van der Waals surface area contributed by atoms with Crippen LogP contribution in [0.2, 0.25) is 5.02 Å². The maximum atomic E-state index is 13.1. The first-order valence-corrected chi connectivity index (χ1v) is 11.1. The molecule has 172 valence electrons. The summed E-state index contributed by atoms with van der Waals surface area (Å²) in [7, 11) is 0. The van der Waals surface area contributed by atoms with Crippen molar-refractivity contribution in [3.8, 4) is 11.4 Å². The van der Waals surface area contributed by atoms with Crippen LogP contribution in [0.1, 0.15) is 20.7 Å². The number of hydrogen-bond donors (Lipinski definition) is 3. The molecule has 0 aliphatic carbocycles. The Morgan fingerprint density at radius 1 is 0.743 bits per heavy atom. The van der Waals surface area contributed by atoms with Crippen molar-refractivity contribution in [3.63, 3.8) is 0 Å². The number of amides is 2. The number of carbonyl (C=O) groups excluding carboxylic acids is 2. The normalized spacial score (nSPS) is 10.8. The second kappa shape index (κ2) is 9.40. The van der Waals surface area contributed by atoms with E-state index in [1.165, 1.54) is 24.3 Å². The fraction of sp³-hybridized carbons (Fsp3) is 0. The van der Waals surface area contributed by atoms with E-state index in [0.29, 0.717) is 38.9 Å². The molecule has 0 spiro atoms. The van der Waals surface area contributed by atoms with Crippen LogP contribution >= 0.6 is 11.6 Å². The van der Waals surface area contributed by atoms with Gasteiger partial charge in [0.15, 0.2) is 0 Å². The van der Waals surface area contributed by atoms with Crippen molar-refractivity contribution in [3.05, 3.63) is 113 Å². The Labute approximate surface area is 204 Å². The lowest BCUT2D eigenvalue weighted by molar-refractivity contribution is 0.101. The highest BCUT2D eigenvalue weighted by atomic mass is 35.5. The molecule has 5 aromatic rings. The summed E-state index contributed by atoms with van der Waals surface area (Å²) in [6.45, 7) is 0. The van der Waals surface area contributed by atoms with Crippen molar-refractivity contribution in [1.29, 1.82) is 0 Å². The molecule has 0 aliphatic heterocycles. The minimum absolute atomic E-state index is 0.250. The van der Waals surface area contributed by atoms with Crippen molar-refractivity contribution in [1.82, 2.24) is 9.97 Å². The fourth-order valence-corrected chi connectivity index (χ4v) is 3.66. The molecule has 1 heterocycles. The van der Waals surface area contributed by atoms with E-state index in [1.807, 2.05) is 12.1 Å². The highest BCUT2D eigenvalue weighted by molar-refractivity contribution is 6.30. The molecule has 5 rings (SSSR count). The molecule has 0 radical (unpaired) electrons. The standard InChI is InChI=1S/C27H18ClFN4O2/c28-19-6-12-22(13-7-19)31-27(35)18-5-14-23-24(15-18)33-25(32-23)16-3-10-21(11-4-16)30-26(34)17-1-8-20(29)9-2-17/h1-15H,(H,30,34)(H,31,35)(H,32,33). The van der Waals surface area contributed by atoms with E-state index in [1.54, 1.807) is 54.6 Å². The summed E-state index contributed by atoms with van der Waals surface area (Å²) >= 11 is 5.89. The number of fused-ring (bicyclic) bond motifs is 1. The molecule has 3 N–H and O–H groups in total. The average Bonchev–Trinajstić information content (AvgIpc) is 3.30. The number of aromatic amines is 1. The van der Waals surface area contributed by atoms with Gasteiger partial charge in [0.1, 0.15) is 11.6 Å². The van der Waals surface area contributed by atoms with Crippen LogP contribution < -0.4 is 10.6 Å². The van der Waals surface area contributed by atoms with Gasteiger partial charge in [-0.25, -0.2) is 9.37 Å². The third-order valence-corrected chi connectivity index (χ3v) is 5.62. The second-order valence-corrected chi connectivity index (χ2v) is 8.25. The van der Waals surface area contributed by atoms with Crippen LogP contribution in [0.25, 0.3) is 22.4 Å². The van der Waals surface area contributed by atoms with E-state index >= 15 is 0 Å².